The molecule has 1 fully saturated rings. The van der Waals surface area contributed by atoms with Crippen LogP contribution in [-0.4, -0.2) is 36.3 Å². The van der Waals surface area contributed by atoms with Crippen LogP contribution in [0.15, 0.2) is 24.3 Å². The summed E-state index contributed by atoms with van der Waals surface area (Å²) in [6.07, 6.45) is -1.02. The van der Waals surface area contributed by atoms with Crippen molar-refractivity contribution in [2.45, 2.75) is 45.4 Å². The Morgan fingerprint density at radius 3 is 3.00 bits per heavy atom. The van der Waals surface area contributed by atoms with Gasteiger partial charge in [-0.25, -0.2) is 9.37 Å². The Morgan fingerprint density at radius 1 is 1.29 bits per heavy atom. The molecule has 3 aliphatic heterocycles. The number of hydrogen-bond acceptors (Lipinski definition) is 5. The van der Waals surface area contributed by atoms with Crippen molar-refractivity contribution in [3.05, 3.63) is 52.2 Å². The second kappa shape index (κ2) is 6.74. The Bertz CT molecular complexity index is 949. The van der Waals surface area contributed by atoms with E-state index in [0.29, 0.717) is 44.0 Å². The van der Waals surface area contributed by atoms with Crippen LogP contribution >= 0.6 is 0 Å². The zero-order valence-electron chi connectivity index (χ0n) is 15.7. The number of pyridine rings is 1. The maximum Gasteiger partial charge on any atom is 0.253 e. The summed E-state index contributed by atoms with van der Waals surface area (Å²) < 4.78 is 26.3. The molecule has 0 radical (unpaired) electrons. The molecule has 146 valence electrons. The first-order valence-electron chi connectivity index (χ1n) is 9.62. The number of nitrogens with zero attached hydrogens (tertiary/aromatic N) is 2. The maximum atomic E-state index is 14.9. The van der Waals surface area contributed by atoms with Crippen LogP contribution in [0.1, 0.15) is 39.2 Å². The highest BCUT2D eigenvalue weighted by molar-refractivity contribution is 5.98. The summed E-state index contributed by atoms with van der Waals surface area (Å²) in [6.45, 7) is 4.46. The van der Waals surface area contributed by atoms with Gasteiger partial charge in [0.1, 0.15) is 17.7 Å². The number of alkyl halides is 1. The second-order valence-electron chi connectivity index (χ2n) is 7.64. The molecule has 4 heterocycles. The molecular weight excluding hydrogens is 361 g/mol. The molecule has 2 atom stereocenters. The van der Waals surface area contributed by atoms with E-state index in [0.717, 1.165) is 22.6 Å². The summed E-state index contributed by atoms with van der Waals surface area (Å²) >= 11 is 0. The topological polar surface area (TPSA) is 63.7 Å². The average molecular weight is 383 g/mol. The Hall–Kier alpha value is -2.67. The van der Waals surface area contributed by atoms with Gasteiger partial charge in [-0.2, -0.15) is 0 Å². The van der Waals surface area contributed by atoms with Crippen molar-refractivity contribution < 1.29 is 18.7 Å². The Labute approximate surface area is 162 Å². The van der Waals surface area contributed by atoms with Crippen molar-refractivity contribution in [1.29, 1.82) is 0 Å². The number of fused-ring (bicyclic) bond motifs is 2. The standard InChI is InChI=1S/C21H22FN3O3/c1-12-6-16-18(8-23-21(16)26)24-20(12)25-5-4-19(17(22)9-25)28-15-3-2-13-10-27-11-14(13)7-15/h2-3,6-7,17,19H,4-5,8-11H2,1H3,(H,23,26)/t17-,19?/m0/s1. The van der Waals surface area contributed by atoms with E-state index in [2.05, 4.69) is 10.3 Å². The molecule has 1 aromatic carbocycles. The number of hydrogen-bond donors (Lipinski definition) is 1. The Kier molecular flexibility index (Phi) is 4.19. The van der Waals surface area contributed by atoms with Gasteiger partial charge in [0, 0.05) is 13.0 Å². The third-order valence-corrected chi connectivity index (χ3v) is 5.69. The highest BCUT2D eigenvalue weighted by atomic mass is 19.1. The van der Waals surface area contributed by atoms with Crippen molar-refractivity contribution in [1.82, 2.24) is 10.3 Å². The number of amides is 1. The van der Waals surface area contributed by atoms with E-state index >= 15 is 0 Å². The van der Waals surface area contributed by atoms with E-state index in [4.69, 9.17) is 9.47 Å². The normalized spacial score (nSPS) is 23.4. The number of halogens is 1. The van der Waals surface area contributed by atoms with Gasteiger partial charge in [-0.1, -0.05) is 6.07 Å². The van der Waals surface area contributed by atoms with E-state index in [1.807, 2.05) is 36.1 Å². The van der Waals surface area contributed by atoms with Gasteiger partial charge in [0.2, 0.25) is 0 Å². The first-order chi connectivity index (χ1) is 13.6. The van der Waals surface area contributed by atoms with Crippen LogP contribution in [0.25, 0.3) is 0 Å². The number of carbonyl (C=O) groups is 1. The number of aryl methyl sites for hydroxylation is 1. The third kappa shape index (κ3) is 2.99. The van der Waals surface area contributed by atoms with E-state index < -0.39 is 12.3 Å². The van der Waals surface area contributed by atoms with E-state index in [1.54, 1.807) is 0 Å². The van der Waals surface area contributed by atoms with Crippen molar-refractivity contribution in [3.63, 3.8) is 0 Å². The predicted molar refractivity (Wildman–Crippen MR) is 101 cm³/mol. The van der Waals surface area contributed by atoms with Gasteiger partial charge in [0.15, 0.2) is 6.17 Å². The molecule has 0 spiro atoms. The molecule has 7 heteroatoms. The predicted octanol–water partition coefficient (Wildman–Crippen LogP) is 2.66. The fourth-order valence-corrected chi connectivity index (χ4v) is 4.16. The van der Waals surface area contributed by atoms with Gasteiger partial charge < -0.3 is 19.7 Å². The lowest BCUT2D eigenvalue weighted by atomic mass is 10.0. The van der Waals surface area contributed by atoms with Crippen LogP contribution in [0.4, 0.5) is 10.2 Å². The van der Waals surface area contributed by atoms with Crippen molar-refractivity contribution in [2.75, 3.05) is 18.0 Å². The number of benzene rings is 1. The van der Waals surface area contributed by atoms with Crippen LogP contribution in [0.3, 0.4) is 0 Å². The number of anilines is 1. The lowest BCUT2D eigenvalue weighted by Gasteiger charge is -2.36. The van der Waals surface area contributed by atoms with Crippen LogP contribution in [0.2, 0.25) is 0 Å². The number of piperidine rings is 1. The largest absolute Gasteiger partial charge is 0.487 e. The molecule has 1 N–H and O–H groups in total. The fraction of sp³-hybridized carbons (Fsp3) is 0.429. The molecule has 28 heavy (non-hydrogen) atoms. The van der Waals surface area contributed by atoms with E-state index in [1.165, 1.54) is 5.56 Å². The SMILES string of the molecule is Cc1cc2c(nc1N1CCC(Oc3ccc4c(c3)COC4)[C@@H](F)C1)CNC2=O. The minimum atomic E-state index is -1.12. The smallest absolute Gasteiger partial charge is 0.253 e. The number of carbonyl (C=O) groups excluding carboxylic acids is 1. The molecule has 1 aromatic heterocycles. The zero-order valence-corrected chi connectivity index (χ0v) is 15.7. The Balaban J connectivity index is 1.29. The first-order valence-corrected chi connectivity index (χ1v) is 9.62. The van der Waals surface area contributed by atoms with E-state index in [9.17, 15) is 9.18 Å². The molecule has 0 saturated carbocycles. The Morgan fingerprint density at radius 2 is 2.14 bits per heavy atom. The molecule has 6 nitrogen and oxygen atoms in total. The third-order valence-electron chi connectivity index (χ3n) is 5.69. The summed E-state index contributed by atoms with van der Waals surface area (Å²) in [7, 11) is 0. The lowest BCUT2D eigenvalue weighted by Crippen LogP contribution is -2.47. The fourth-order valence-electron chi connectivity index (χ4n) is 4.16. The van der Waals surface area contributed by atoms with E-state index in [-0.39, 0.29) is 12.5 Å². The van der Waals surface area contributed by atoms with Crippen molar-refractivity contribution >= 4 is 11.7 Å². The number of aromatic nitrogens is 1. The molecule has 1 amide bonds. The highest BCUT2D eigenvalue weighted by Gasteiger charge is 2.33. The van der Waals surface area contributed by atoms with Gasteiger partial charge in [-0.05, 0) is 41.8 Å². The minimum Gasteiger partial charge on any atom is -0.487 e. The van der Waals surface area contributed by atoms with Crippen LogP contribution in [0.5, 0.6) is 5.75 Å². The summed E-state index contributed by atoms with van der Waals surface area (Å²) in [5, 5.41) is 2.78. The number of ether oxygens (including phenoxy) is 2. The molecule has 2 aromatic rings. The molecule has 5 rings (SSSR count). The van der Waals surface area contributed by atoms with Gasteiger partial charge in [0.25, 0.3) is 5.91 Å². The first kappa shape index (κ1) is 17.4. The van der Waals surface area contributed by atoms with Gasteiger partial charge in [-0.3, -0.25) is 4.79 Å². The molecule has 0 bridgehead atoms. The summed E-state index contributed by atoms with van der Waals surface area (Å²) in [6, 6.07) is 7.69. The molecule has 3 aliphatic rings. The maximum absolute atomic E-state index is 14.9. The van der Waals surface area contributed by atoms with Gasteiger partial charge in [-0.15, -0.1) is 0 Å². The molecule has 0 aliphatic carbocycles. The summed E-state index contributed by atoms with van der Waals surface area (Å²) in [5.41, 5.74) is 4.54. The van der Waals surface area contributed by atoms with Crippen molar-refractivity contribution in [3.8, 4) is 5.75 Å². The molecular formula is C21H22FN3O3. The average Bonchev–Trinajstić information content (AvgIpc) is 3.29. The minimum absolute atomic E-state index is 0.0904. The van der Waals surface area contributed by atoms with Crippen LogP contribution in [0, 0.1) is 6.92 Å². The molecule has 1 unspecified atom stereocenters. The zero-order chi connectivity index (χ0) is 19.3. The summed E-state index contributed by atoms with van der Waals surface area (Å²) in [4.78, 5) is 18.4. The lowest BCUT2D eigenvalue weighted by molar-refractivity contribution is 0.0817. The highest BCUT2D eigenvalue weighted by Crippen LogP contribution is 2.30. The van der Waals surface area contributed by atoms with Crippen LogP contribution < -0.4 is 15.0 Å². The number of nitrogens with one attached hydrogen (secondary N) is 1. The molecule has 1 saturated heterocycles. The second-order valence-corrected chi connectivity index (χ2v) is 7.64. The van der Waals surface area contributed by atoms with Gasteiger partial charge in [0.05, 0.1) is 37.6 Å². The monoisotopic (exact) mass is 383 g/mol. The van der Waals surface area contributed by atoms with Gasteiger partial charge >= 0.3 is 0 Å². The summed E-state index contributed by atoms with van der Waals surface area (Å²) in [5.74, 6) is 1.36. The number of rotatable bonds is 3. The van der Waals surface area contributed by atoms with Crippen molar-refractivity contribution in [2.24, 2.45) is 0 Å². The quantitative estimate of drug-likeness (QED) is 0.883. The van der Waals surface area contributed by atoms with Crippen LogP contribution in [-0.2, 0) is 24.5 Å².